The van der Waals surface area contributed by atoms with Crippen LogP contribution in [-0.2, 0) is 4.74 Å². The van der Waals surface area contributed by atoms with E-state index < -0.39 is 24.7 Å². The predicted molar refractivity (Wildman–Crippen MR) is 101 cm³/mol. The maximum Gasteiger partial charge on any atom is 0.339 e. The highest BCUT2D eigenvalue weighted by Crippen LogP contribution is 2.46. The van der Waals surface area contributed by atoms with Gasteiger partial charge in [0.05, 0.1) is 19.1 Å². The summed E-state index contributed by atoms with van der Waals surface area (Å²) in [6.45, 7) is 0.519. The van der Waals surface area contributed by atoms with Crippen LogP contribution in [0.4, 0.5) is 4.39 Å². The van der Waals surface area contributed by atoms with E-state index in [9.17, 15) is 19.1 Å². The second kappa shape index (κ2) is 6.84. The number of halogens is 1. The van der Waals surface area contributed by atoms with Gasteiger partial charge in [0.1, 0.15) is 24.1 Å². The molecule has 3 aliphatic rings. The van der Waals surface area contributed by atoms with E-state index in [4.69, 9.17) is 9.47 Å². The van der Waals surface area contributed by atoms with Crippen LogP contribution in [0.15, 0.2) is 42.5 Å². The third-order valence-electron chi connectivity index (χ3n) is 6.15. The molecule has 2 aromatic carbocycles. The minimum Gasteiger partial charge on any atom is -0.485 e. The number of rotatable bonds is 5. The molecule has 7 heteroatoms. The summed E-state index contributed by atoms with van der Waals surface area (Å²) in [5.41, 5.74) is 1.47. The van der Waals surface area contributed by atoms with Crippen LogP contribution in [0.1, 0.15) is 37.8 Å². The SMILES string of the molecule is O=C(NC1[C@H]2COC[C@@H]12)c1cc(C(=O)O)c2c(c1)C(c1ccccc1)C(CF)O2. The molecule has 2 N–H and O–H groups in total. The van der Waals surface area contributed by atoms with Crippen molar-refractivity contribution in [1.29, 1.82) is 0 Å². The third kappa shape index (κ3) is 2.97. The molecule has 150 valence electrons. The van der Waals surface area contributed by atoms with Gasteiger partial charge in [-0.1, -0.05) is 30.3 Å². The molecule has 5 rings (SSSR count). The number of aromatic carboxylic acids is 1. The molecular formula is C22H20FNO5. The number of carboxylic acids is 1. The Kier molecular flexibility index (Phi) is 4.28. The van der Waals surface area contributed by atoms with Gasteiger partial charge < -0.3 is 19.9 Å². The zero-order valence-electron chi connectivity index (χ0n) is 15.5. The lowest BCUT2D eigenvalue weighted by molar-refractivity contribution is 0.0689. The average molecular weight is 397 g/mol. The van der Waals surface area contributed by atoms with E-state index in [0.29, 0.717) is 30.6 Å². The number of amides is 1. The lowest BCUT2D eigenvalue weighted by atomic mass is 9.87. The first-order chi connectivity index (χ1) is 14.1. The van der Waals surface area contributed by atoms with Crippen LogP contribution < -0.4 is 10.1 Å². The van der Waals surface area contributed by atoms with E-state index >= 15 is 0 Å². The summed E-state index contributed by atoms with van der Waals surface area (Å²) in [6.07, 6.45) is -0.830. The first-order valence-corrected chi connectivity index (χ1v) is 9.66. The Hall–Kier alpha value is -2.93. The molecular weight excluding hydrogens is 377 g/mol. The Morgan fingerprint density at radius 1 is 1.14 bits per heavy atom. The Morgan fingerprint density at radius 3 is 2.52 bits per heavy atom. The zero-order chi connectivity index (χ0) is 20.1. The smallest absolute Gasteiger partial charge is 0.339 e. The van der Waals surface area contributed by atoms with Gasteiger partial charge in [0.2, 0.25) is 0 Å². The summed E-state index contributed by atoms with van der Waals surface area (Å²) >= 11 is 0. The lowest BCUT2D eigenvalue weighted by Gasteiger charge is -2.16. The Bertz CT molecular complexity index is 969. The number of hydrogen-bond acceptors (Lipinski definition) is 4. The summed E-state index contributed by atoms with van der Waals surface area (Å²) in [5, 5.41) is 12.7. The van der Waals surface area contributed by atoms with Crippen LogP contribution in [0.2, 0.25) is 0 Å². The molecule has 2 aromatic rings. The molecule has 0 bridgehead atoms. The van der Waals surface area contributed by atoms with Crippen molar-refractivity contribution in [3.8, 4) is 5.75 Å². The number of hydrogen-bond donors (Lipinski definition) is 2. The van der Waals surface area contributed by atoms with Crippen molar-refractivity contribution in [3.63, 3.8) is 0 Å². The molecule has 2 aliphatic heterocycles. The summed E-state index contributed by atoms with van der Waals surface area (Å²) in [6, 6.07) is 12.3. The quantitative estimate of drug-likeness (QED) is 0.810. The number of carbonyl (C=O) groups excluding carboxylic acids is 1. The average Bonchev–Trinajstić information content (AvgIpc) is 3.10. The maximum absolute atomic E-state index is 13.7. The molecule has 0 spiro atoms. The van der Waals surface area contributed by atoms with Gasteiger partial charge in [-0.05, 0) is 17.7 Å². The van der Waals surface area contributed by atoms with E-state index in [1.807, 2.05) is 30.3 Å². The normalized spacial score (nSPS) is 28.9. The van der Waals surface area contributed by atoms with Crippen molar-refractivity contribution >= 4 is 11.9 Å². The molecule has 1 aliphatic carbocycles. The molecule has 1 saturated carbocycles. The summed E-state index contributed by atoms with van der Waals surface area (Å²) < 4.78 is 24.8. The molecule has 0 radical (unpaired) electrons. The molecule has 29 heavy (non-hydrogen) atoms. The van der Waals surface area contributed by atoms with E-state index in [-0.39, 0.29) is 28.8 Å². The van der Waals surface area contributed by atoms with Crippen LogP contribution >= 0.6 is 0 Å². The number of ether oxygens (including phenoxy) is 2. The van der Waals surface area contributed by atoms with Gasteiger partial charge in [0, 0.05) is 29.0 Å². The van der Waals surface area contributed by atoms with E-state index in [1.165, 1.54) is 6.07 Å². The third-order valence-corrected chi connectivity index (χ3v) is 6.15. The van der Waals surface area contributed by atoms with Crippen molar-refractivity contribution in [2.24, 2.45) is 11.8 Å². The Morgan fingerprint density at radius 2 is 1.86 bits per heavy atom. The zero-order valence-corrected chi connectivity index (χ0v) is 15.5. The first-order valence-electron chi connectivity index (χ1n) is 9.66. The molecule has 6 nitrogen and oxygen atoms in total. The Labute approximate surface area is 166 Å². The van der Waals surface area contributed by atoms with Gasteiger partial charge in [-0.3, -0.25) is 4.79 Å². The summed E-state index contributed by atoms with van der Waals surface area (Å²) in [4.78, 5) is 24.7. The van der Waals surface area contributed by atoms with Crippen LogP contribution in [0.3, 0.4) is 0 Å². The van der Waals surface area contributed by atoms with Crippen LogP contribution in [-0.4, -0.2) is 49.0 Å². The summed E-state index contributed by atoms with van der Waals surface area (Å²) in [7, 11) is 0. The number of carbonyl (C=O) groups is 2. The van der Waals surface area contributed by atoms with Gasteiger partial charge in [0.25, 0.3) is 5.91 Å². The van der Waals surface area contributed by atoms with Crippen LogP contribution in [0, 0.1) is 11.8 Å². The molecule has 1 amide bonds. The highest BCUT2D eigenvalue weighted by Gasteiger charge is 2.54. The van der Waals surface area contributed by atoms with Crippen LogP contribution in [0.25, 0.3) is 0 Å². The van der Waals surface area contributed by atoms with E-state index in [1.54, 1.807) is 6.07 Å². The number of nitrogens with one attached hydrogen (secondary N) is 1. The van der Waals surface area contributed by atoms with Crippen LogP contribution in [0.5, 0.6) is 5.75 Å². The molecule has 2 fully saturated rings. The van der Waals surface area contributed by atoms with Crippen molar-refractivity contribution in [2.45, 2.75) is 18.1 Å². The summed E-state index contributed by atoms with van der Waals surface area (Å²) in [5.74, 6) is -1.20. The minimum absolute atomic E-state index is 0.0672. The fourth-order valence-electron chi connectivity index (χ4n) is 4.59. The van der Waals surface area contributed by atoms with Gasteiger partial charge in [-0.25, -0.2) is 9.18 Å². The van der Waals surface area contributed by atoms with Crippen molar-refractivity contribution < 1.29 is 28.6 Å². The highest BCUT2D eigenvalue weighted by molar-refractivity contribution is 6.00. The fraction of sp³-hybridized carbons (Fsp3) is 0.364. The number of carboxylic acid groups (broad SMARTS) is 1. The standard InChI is InChI=1S/C22H20FNO5/c23-8-17-18(11-4-2-1-3-5-11)13-6-12(7-14(22(26)27)20(13)29-17)21(25)24-19-15-9-28-10-16(15)19/h1-7,15-19H,8-10H2,(H,24,25)(H,26,27)/t15-,16+,17?,18?,19?. The number of benzene rings is 2. The van der Waals surface area contributed by atoms with Crippen molar-refractivity contribution in [2.75, 3.05) is 19.9 Å². The van der Waals surface area contributed by atoms with Gasteiger partial charge in [-0.15, -0.1) is 0 Å². The molecule has 2 heterocycles. The number of fused-ring (bicyclic) bond motifs is 2. The molecule has 0 aromatic heterocycles. The monoisotopic (exact) mass is 397 g/mol. The van der Waals surface area contributed by atoms with Gasteiger partial charge >= 0.3 is 5.97 Å². The fourth-order valence-corrected chi connectivity index (χ4v) is 4.59. The first kappa shape index (κ1) is 18.1. The van der Waals surface area contributed by atoms with E-state index in [0.717, 1.165) is 5.56 Å². The highest BCUT2D eigenvalue weighted by atomic mass is 19.1. The molecule has 1 saturated heterocycles. The van der Waals surface area contributed by atoms with Gasteiger partial charge in [-0.2, -0.15) is 0 Å². The predicted octanol–water partition coefficient (Wildman–Crippen LogP) is 2.62. The topological polar surface area (TPSA) is 84.9 Å². The largest absolute Gasteiger partial charge is 0.485 e. The second-order valence-corrected chi connectivity index (χ2v) is 7.81. The Balaban J connectivity index is 1.53. The second-order valence-electron chi connectivity index (χ2n) is 7.81. The maximum atomic E-state index is 13.7. The number of alkyl halides is 1. The molecule has 5 atom stereocenters. The van der Waals surface area contributed by atoms with Gasteiger partial charge in [0.15, 0.2) is 0 Å². The van der Waals surface area contributed by atoms with Crippen molar-refractivity contribution in [1.82, 2.24) is 5.32 Å². The lowest BCUT2D eigenvalue weighted by Crippen LogP contribution is -2.30. The minimum atomic E-state index is -1.21. The van der Waals surface area contributed by atoms with Crippen molar-refractivity contribution in [3.05, 3.63) is 64.7 Å². The van der Waals surface area contributed by atoms with E-state index in [2.05, 4.69) is 5.32 Å². The molecule has 3 unspecified atom stereocenters.